The van der Waals surface area contributed by atoms with Gasteiger partial charge in [-0.15, -0.1) is 24.0 Å². The number of alkyl halides is 3. The van der Waals surface area contributed by atoms with Crippen LogP contribution in [0.25, 0.3) is 0 Å². The molecular weight excluding hydrogens is 460 g/mol. The fourth-order valence-electron chi connectivity index (χ4n) is 5.18. The molecule has 26 heavy (non-hydrogen) atoms. The fourth-order valence-corrected chi connectivity index (χ4v) is 5.18. The highest BCUT2D eigenvalue weighted by Gasteiger charge is 2.53. The molecule has 5 nitrogen and oxygen atoms in total. The van der Waals surface area contributed by atoms with E-state index in [9.17, 15) is 13.2 Å². The van der Waals surface area contributed by atoms with Crippen molar-refractivity contribution in [2.24, 2.45) is 22.7 Å². The molecule has 4 rings (SSSR count). The van der Waals surface area contributed by atoms with E-state index in [1.165, 1.54) is 17.7 Å². The van der Waals surface area contributed by atoms with E-state index in [4.69, 9.17) is 4.74 Å². The first-order chi connectivity index (χ1) is 11.9. The minimum atomic E-state index is -4.10. The van der Waals surface area contributed by atoms with E-state index >= 15 is 0 Å². The summed E-state index contributed by atoms with van der Waals surface area (Å²) in [5, 5.41) is 3.40. The average Bonchev–Trinajstić information content (AvgIpc) is 3.28. The molecule has 0 aromatic heterocycles. The SMILES string of the molecule is CN=C(NCC1CCN(CC(F)(F)F)C1)N1CC2C3CCC(O3)C2C1.I. The van der Waals surface area contributed by atoms with Gasteiger partial charge in [-0.1, -0.05) is 0 Å². The maximum Gasteiger partial charge on any atom is 0.401 e. The second-order valence-corrected chi connectivity index (χ2v) is 7.96. The summed E-state index contributed by atoms with van der Waals surface area (Å²) in [7, 11) is 1.78. The molecule has 0 aromatic carbocycles. The first-order valence-electron chi connectivity index (χ1n) is 9.33. The van der Waals surface area contributed by atoms with E-state index in [-0.39, 0.29) is 29.9 Å². The third-order valence-electron chi connectivity index (χ3n) is 6.29. The Bertz CT molecular complexity index is 515. The Morgan fingerprint density at radius 2 is 1.77 bits per heavy atom. The molecule has 0 amide bonds. The molecule has 0 aromatic rings. The van der Waals surface area contributed by atoms with Crippen molar-refractivity contribution in [2.75, 3.05) is 46.3 Å². The van der Waals surface area contributed by atoms with E-state index in [1.54, 1.807) is 7.05 Å². The predicted octanol–water partition coefficient (Wildman–Crippen LogP) is 2.17. The van der Waals surface area contributed by atoms with E-state index in [0.717, 1.165) is 25.5 Å². The van der Waals surface area contributed by atoms with E-state index < -0.39 is 12.7 Å². The quantitative estimate of drug-likeness (QED) is 0.376. The van der Waals surface area contributed by atoms with Gasteiger partial charge in [0.05, 0.1) is 18.8 Å². The molecule has 1 N–H and O–H groups in total. The van der Waals surface area contributed by atoms with Gasteiger partial charge in [0.1, 0.15) is 0 Å². The van der Waals surface area contributed by atoms with Crippen molar-refractivity contribution in [3.8, 4) is 0 Å². The number of aliphatic imine (C=N–C) groups is 1. The lowest BCUT2D eigenvalue weighted by Gasteiger charge is -2.24. The van der Waals surface area contributed by atoms with Gasteiger partial charge in [-0.3, -0.25) is 9.89 Å². The van der Waals surface area contributed by atoms with Crippen molar-refractivity contribution in [3.63, 3.8) is 0 Å². The molecule has 150 valence electrons. The second kappa shape index (κ2) is 7.98. The largest absolute Gasteiger partial charge is 0.401 e. The summed E-state index contributed by atoms with van der Waals surface area (Å²) < 4.78 is 43.5. The Morgan fingerprint density at radius 1 is 1.12 bits per heavy atom. The maximum absolute atomic E-state index is 12.5. The van der Waals surface area contributed by atoms with Crippen molar-refractivity contribution in [1.29, 1.82) is 0 Å². The number of likely N-dealkylation sites (tertiary alicyclic amines) is 2. The van der Waals surface area contributed by atoms with Crippen molar-refractivity contribution in [1.82, 2.24) is 15.1 Å². The first kappa shape index (κ1) is 20.4. The smallest absolute Gasteiger partial charge is 0.374 e. The Balaban J connectivity index is 0.00000196. The average molecular weight is 488 g/mol. The summed E-state index contributed by atoms with van der Waals surface area (Å²) in [5.41, 5.74) is 0. The summed E-state index contributed by atoms with van der Waals surface area (Å²) in [5.74, 6) is 2.38. The van der Waals surface area contributed by atoms with Gasteiger partial charge in [0.15, 0.2) is 5.96 Å². The molecule has 0 spiro atoms. The van der Waals surface area contributed by atoms with Crippen molar-refractivity contribution in [2.45, 2.75) is 37.6 Å². The van der Waals surface area contributed by atoms with Gasteiger partial charge >= 0.3 is 6.18 Å². The van der Waals surface area contributed by atoms with Gasteiger partial charge in [-0.2, -0.15) is 13.2 Å². The van der Waals surface area contributed by atoms with Crippen molar-refractivity contribution >= 4 is 29.9 Å². The van der Waals surface area contributed by atoms with Crippen LogP contribution in [0, 0.1) is 17.8 Å². The molecular formula is C17H28F3IN4O. The van der Waals surface area contributed by atoms with E-state index in [1.807, 2.05) is 0 Å². The number of nitrogens with one attached hydrogen (secondary N) is 1. The molecule has 0 radical (unpaired) electrons. The van der Waals surface area contributed by atoms with Crippen molar-refractivity contribution in [3.05, 3.63) is 0 Å². The second-order valence-electron chi connectivity index (χ2n) is 7.96. The van der Waals surface area contributed by atoms with Gasteiger partial charge in [0.2, 0.25) is 0 Å². The number of hydrogen-bond acceptors (Lipinski definition) is 3. The number of ether oxygens (including phenoxy) is 1. The van der Waals surface area contributed by atoms with Crippen LogP contribution in [0.5, 0.6) is 0 Å². The van der Waals surface area contributed by atoms with Gasteiger partial charge in [0, 0.05) is 45.1 Å². The highest BCUT2D eigenvalue weighted by Crippen LogP contribution is 2.47. The zero-order chi connectivity index (χ0) is 17.6. The summed E-state index contributed by atoms with van der Waals surface area (Å²) in [6.45, 7) is 2.89. The molecule has 2 bridgehead atoms. The Labute approximate surface area is 169 Å². The number of guanidine groups is 1. The van der Waals surface area contributed by atoms with Crippen LogP contribution in [0.2, 0.25) is 0 Å². The molecule has 0 aliphatic carbocycles. The van der Waals surface area contributed by atoms with Crippen LogP contribution in [0.4, 0.5) is 13.2 Å². The topological polar surface area (TPSA) is 40.1 Å². The highest BCUT2D eigenvalue weighted by molar-refractivity contribution is 14.0. The van der Waals surface area contributed by atoms with Crippen LogP contribution in [-0.2, 0) is 4.74 Å². The minimum Gasteiger partial charge on any atom is -0.374 e. The number of rotatable bonds is 3. The molecule has 4 aliphatic heterocycles. The molecule has 0 saturated carbocycles. The molecule has 4 fully saturated rings. The van der Waals surface area contributed by atoms with Crippen LogP contribution in [0.15, 0.2) is 4.99 Å². The van der Waals surface area contributed by atoms with Crippen LogP contribution in [0.3, 0.4) is 0 Å². The van der Waals surface area contributed by atoms with E-state index in [0.29, 0.717) is 43.7 Å². The van der Waals surface area contributed by atoms with Gasteiger partial charge in [-0.05, 0) is 31.7 Å². The maximum atomic E-state index is 12.5. The molecule has 4 aliphatic rings. The summed E-state index contributed by atoms with van der Waals surface area (Å²) in [6, 6.07) is 0. The number of fused-ring (bicyclic) bond motifs is 5. The summed E-state index contributed by atoms with van der Waals surface area (Å²) >= 11 is 0. The normalized spacial score (nSPS) is 37.2. The van der Waals surface area contributed by atoms with Crippen LogP contribution >= 0.6 is 24.0 Å². The standard InChI is InChI=1S/C17H27F3N4O.HI/c1-21-16(22-6-11-4-5-23(7-11)10-17(18,19)20)24-8-12-13(9-24)15-3-2-14(12)25-15;/h11-15H,2-10H2,1H3,(H,21,22);1H. The third kappa shape index (κ3) is 4.24. The minimum absolute atomic E-state index is 0. The van der Waals surface area contributed by atoms with Gasteiger partial charge in [-0.25, -0.2) is 0 Å². The lowest BCUT2D eigenvalue weighted by molar-refractivity contribution is -0.143. The number of nitrogens with zero attached hydrogens (tertiary/aromatic N) is 3. The highest BCUT2D eigenvalue weighted by atomic mass is 127. The third-order valence-corrected chi connectivity index (χ3v) is 6.29. The molecule has 5 atom stereocenters. The Hall–Kier alpha value is -0.290. The Morgan fingerprint density at radius 3 is 2.35 bits per heavy atom. The molecule has 9 heteroatoms. The number of halogens is 4. The lowest BCUT2D eigenvalue weighted by Crippen LogP contribution is -2.43. The summed E-state index contributed by atoms with van der Waals surface area (Å²) in [4.78, 5) is 8.22. The van der Waals surface area contributed by atoms with E-state index in [2.05, 4.69) is 15.2 Å². The summed E-state index contributed by atoms with van der Waals surface area (Å²) in [6.07, 6.45) is -0.0880. The van der Waals surface area contributed by atoms with Crippen molar-refractivity contribution < 1.29 is 17.9 Å². The van der Waals surface area contributed by atoms with Crippen LogP contribution in [-0.4, -0.2) is 80.5 Å². The Kier molecular flexibility index (Phi) is 6.28. The zero-order valence-electron chi connectivity index (χ0n) is 15.0. The fraction of sp³-hybridized carbons (Fsp3) is 0.941. The lowest BCUT2D eigenvalue weighted by atomic mass is 9.82. The van der Waals surface area contributed by atoms with Crippen LogP contribution in [0.1, 0.15) is 19.3 Å². The van der Waals surface area contributed by atoms with Gasteiger partial charge < -0.3 is 15.0 Å². The molecule has 4 saturated heterocycles. The van der Waals surface area contributed by atoms with Gasteiger partial charge in [0.25, 0.3) is 0 Å². The first-order valence-corrected chi connectivity index (χ1v) is 9.33. The number of hydrogen-bond donors (Lipinski definition) is 1. The zero-order valence-corrected chi connectivity index (χ0v) is 17.4. The predicted molar refractivity (Wildman–Crippen MR) is 104 cm³/mol. The molecule has 4 heterocycles. The van der Waals surface area contributed by atoms with Crippen LogP contribution < -0.4 is 5.32 Å². The monoisotopic (exact) mass is 488 g/mol. The molecule has 5 unspecified atom stereocenters.